The summed E-state index contributed by atoms with van der Waals surface area (Å²) in [5.41, 5.74) is 4.49. The van der Waals surface area contributed by atoms with E-state index in [1.54, 1.807) is 41.0 Å². The lowest BCUT2D eigenvalue weighted by Crippen LogP contribution is -2.27. The standard InChI is InChI=1S/C29H30ClN5O4S/c1-18-14-20(2-9-24(18)29(36)33-22-5-6-22)26-17-32-28-25(31-16-19-10-12-40(37,38)13-11-19)15-27(34-35(26)28)39-23-7-3-21(30)4-8-23/h2-4,7-9,14-15,17,19,22,31H,5-6,10-13,16H2,1H3,(H,33,36). The Hall–Kier alpha value is -3.63. The molecular formula is C29H30ClN5O4S. The van der Waals surface area contributed by atoms with Gasteiger partial charge in [-0.15, -0.1) is 5.10 Å². The fraction of sp³-hybridized carbons (Fsp3) is 0.345. The van der Waals surface area contributed by atoms with Gasteiger partial charge >= 0.3 is 0 Å². The lowest BCUT2D eigenvalue weighted by molar-refractivity contribution is 0.0950. The summed E-state index contributed by atoms with van der Waals surface area (Å²) in [6, 6.07) is 14.8. The zero-order valence-electron chi connectivity index (χ0n) is 22.1. The number of fused-ring (bicyclic) bond motifs is 1. The summed E-state index contributed by atoms with van der Waals surface area (Å²) >= 11 is 6.04. The minimum atomic E-state index is -2.93. The van der Waals surface area contributed by atoms with Crippen molar-refractivity contribution >= 4 is 38.7 Å². The van der Waals surface area contributed by atoms with Gasteiger partial charge in [0, 0.05) is 34.8 Å². The van der Waals surface area contributed by atoms with Crippen molar-refractivity contribution in [1.82, 2.24) is 19.9 Å². The third-order valence-corrected chi connectivity index (χ3v) is 9.38. The minimum Gasteiger partial charge on any atom is -0.438 e. The number of carbonyl (C=O) groups excluding carboxylic acids is 1. The molecule has 2 aromatic carbocycles. The molecule has 2 fully saturated rings. The van der Waals surface area contributed by atoms with E-state index in [-0.39, 0.29) is 29.4 Å². The van der Waals surface area contributed by atoms with Gasteiger partial charge in [-0.2, -0.15) is 0 Å². The molecule has 1 saturated heterocycles. The third kappa shape index (κ3) is 5.93. The summed E-state index contributed by atoms with van der Waals surface area (Å²) in [6.07, 6.45) is 5.08. The van der Waals surface area contributed by atoms with E-state index >= 15 is 0 Å². The Bertz CT molecular complexity index is 1670. The Labute approximate surface area is 237 Å². The highest BCUT2D eigenvalue weighted by molar-refractivity contribution is 7.91. The number of rotatable bonds is 8. The van der Waals surface area contributed by atoms with Crippen LogP contribution in [0.25, 0.3) is 16.9 Å². The normalized spacial score (nSPS) is 17.1. The van der Waals surface area contributed by atoms with Gasteiger partial charge in [0.2, 0.25) is 5.88 Å². The number of ether oxygens (including phenoxy) is 1. The van der Waals surface area contributed by atoms with Crippen molar-refractivity contribution in [3.63, 3.8) is 0 Å². The van der Waals surface area contributed by atoms with Crippen LogP contribution < -0.4 is 15.4 Å². The number of hydrogen-bond acceptors (Lipinski definition) is 7. The number of nitrogens with zero attached hydrogens (tertiary/aromatic N) is 3. The van der Waals surface area contributed by atoms with Gasteiger partial charge in [0.15, 0.2) is 5.65 Å². The number of aromatic nitrogens is 3. The van der Waals surface area contributed by atoms with Crippen LogP contribution in [0.3, 0.4) is 0 Å². The molecule has 40 heavy (non-hydrogen) atoms. The Balaban J connectivity index is 1.32. The minimum absolute atomic E-state index is 0.0523. The number of sulfone groups is 1. The van der Waals surface area contributed by atoms with Crippen molar-refractivity contribution in [3.05, 3.63) is 70.9 Å². The first-order valence-electron chi connectivity index (χ1n) is 13.4. The van der Waals surface area contributed by atoms with Crippen LogP contribution in [0.4, 0.5) is 5.69 Å². The van der Waals surface area contributed by atoms with Crippen LogP contribution in [-0.2, 0) is 9.84 Å². The van der Waals surface area contributed by atoms with Crippen LogP contribution in [0, 0.1) is 12.8 Å². The second-order valence-electron chi connectivity index (χ2n) is 10.6. The lowest BCUT2D eigenvalue weighted by atomic mass is 10.0. The average molecular weight is 580 g/mol. The number of anilines is 1. The molecule has 3 heterocycles. The second-order valence-corrected chi connectivity index (χ2v) is 13.3. The monoisotopic (exact) mass is 579 g/mol. The number of aryl methyl sites for hydroxylation is 1. The van der Waals surface area contributed by atoms with Crippen LogP contribution in [0.2, 0.25) is 5.02 Å². The largest absolute Gasteiger partial charge is 0.438 e. The molecule has 0 spiro atoms. The summed E-state index contributed by atoms with van der Waals surface area (Å²) in [6.45, 7) is 2.54. The van der Waals surface area contributed by atoms with Gasteiger partial charge < -0.3 is 15.4 Å². The average Bonchev–Trinajstić information content (AvgIpc) is 3.64. The zero-order chi connectivity index (χ0) is 27.9. The number of halogens is 1. The SMILES string of the molecule is Cc1cc(-c2cnc3c(NCC4CCS(=O)(=O)CC4)cc(Oc4ccc(Cl)cc4)nn23)ccc1C(=O)NC1CC1. The van der Waals surface area contributed by atoms with Crippen molar-refractivity contribution < 1.29 is 17.9 Å². The van der Waals surface area contributed by atoms with Crippen molar-refractivity contribution in [2.24, 2.45) is 5.92 Å². The first-order chi connectivity index (χ1) is 19.2. The maximum Gasteiger partial charge on any atom is 0.251 e. The number of benzene rings is 2. The molecule has 9 nitrogen and oxygen atoms in total. The second kappa shape index (κ2) is 10.7. The Morgan fingerprint density at radius 1 is 1.07 bits per heavy atom. The summed E-state index contributed by atoms with van der Waals surface area (Å²) in [7, 11) is -2.93. The van der Waals surface area contributed by atoms with Gasteiger partial charge in [-0.1, -0.05) is 17.7 Å². The molecule has 4 aromatic rings. The molecular weight excluding hydrogens is 550 g/mol. The highest BCUT2D eigenvalue weighted by Crippen LogP contribution is 2.31. The third-order valence-electron chi connectivity index (χ3n) is 7.42. The maximum absolute atomic E-state index is 12.6. The molecule has 1 amide bonds. The molecule has 1 aliphatic heterocycles. The van der Waals surface area contributed by atoms with E-state index in [4.69, 9.17) is 21.4 Å². The van der Waals surface area contributed by atoms with Crippen LogP contribution in [0.15, 0.2) is 54.7 Å². The van der Waals surface area contributed by atoms with E-state index in [0.717, 1.165) is 35.3 Å². The maximum atomic E-state index is 12.6. The number of nitrogens with one attached hydrogen (secondary N) is 2. The lowest BCUT2D eigenvalue weighted by Gasteiger charge is -2.22. The summed E-state index contributed by atoms with van der Waals surface area (Å²) in [5, 5.41) is 11.9. The Morgan fingerprint density at radius 3 is 2.52 bits per heavy atom. The molecule has 2 N–H and O–H groups in total. The molecule has 208 valence electrons. The van der Waals surface area contributed by atoms with Gasteiger partial charge in [-0.25, -0.2) is 17.9 Å². The van der Waals surface area contributed by atoms with Gasteiger partial charge in [0.25, 0.3) is 5.91 Å². The molecule has 2 aliphatic rings. The van der Waals surface area contributed by atoms with Crippen LogP contribution in [0.5, 0.6) is 11.6 Å². The van der Waals surface area contributed by atoms with E-state index in [1.165, 1.54) is 0 Å². The van der Waals surface area contributed by atoms with E-state index < -0.39 is 9.84 Å². The van der Waals surface area contributed by atoms with Crippen molar-refractivity contribution in [2.45, 2.75) is 38.6 Å². The first-order valence-corrected chi connectivity index (χ1v) is 15.6. The summed E-state index contributed by atoms with van der Waals surface area (Å²) in [5.74, 6) is 1.57. The van der Waals surface area contributed by atoms with E-state index in [1.807, 2.05) is 25.1 Å². The van der Waals surface area contributed by atoms with Gasteiger partial charge in [-0.3, -0.25) is 4.79 Å². The van der Waals surface area contributed by atoms with Crippen LogP contribution in [0.1, 0.15) is 41.6 Å². The number of carbonyl (C=O) groups is 1. The zero-order valence-corrected chi connectivity index (χ0v) is 23.6. The fourth-order valence-electron chi connectivity index (χ4n) is 4.91. The first kappa shape index (κ1) is 26.6. The molecule has 11 heteroatoms. The molecule has 0 bridgehead atoms. The van der Waals surface area contributed by atoms with E-state index in [9.17, 15) is 13.2 Å². The predicted molar refractivity (Wildman–Crippen MR) is 155 cm³/mol. The van der Waals surface area contributed by atoms with Crippen molar-refractivity contribution in [1.29, 1.82) is 0 Å². The van der Waals surface area contributed by atoms with Crippen molar-refractivity contribution in [2.75, 3.05) is 23.4 Å². The van der Waals surface area contributed by atoms with Crippen LogP contribution in [-0.4, -0.2) is 53.0 Å². The summed E-state index contributed by atoms with van der Waals surface area (Å²) in [4.78, 5) is 17.3. The number of hydrogen-bond donors (Lipinski definition) is 2. The topological polar surface area (TPSA) is 115 Å². The molecule has 1 aliphatic carbocycles. The molecule has 0 radical (unpaired) electrons. The van der Waals surface area contributed by atoms with E-state index in [0.29, 0.717) is 47.2 Å². The summed E-state index contributed by atoms with van der Waals surface area (Å²) < 4.78 is 31.6. The highest BCUT2D eigenvalue weighted by Gasteiger charge is 2.25. The van der Waals surface area contributed by atoms with Crippen LogP contribution >= 0.6 is 11.6 Å². The van der Waals surface area contributed by atoms with E-state index in [2.05, 4.69) is 15.6 Å². The molecule has 1 saturated carbocycles. The predicted octanol–water partition coefficient (Wildman–Crippen LogP) is 5.28. The Kier molecular flexibility index (Phi) is 7.14. The fourth-order valence-corrected chi connectivity index (χ4v) is 6.63. The molecule has 0 atom stereocenters. The molecule has 2 aromatic heterocycles. The van der Waals surface area contributed by atoms with Gasteiger partial charge in [-0.05, 0) is 80.5 Å². The smallest absolute Gasteiger partial charge is 0.251 e. The highest BCUT2D eigenvalue weighted by atomic mass is 35.5. The number of imidazole rings is 1. The quantitative estimate of drug-likeness (QED) is 0.292. The van der Waals surface area contributed by atoms with Gasteiger partial charge in [0.1, 0.15) is 15.6 Å². The molecule has 0 unspecified atom stereocenters. The number of amides is 1. The van der Waals surface area contributed by atoms with Crippen molar-refractivity contribution in [3.8, 4) is 22.9 Å². The molecule has 6 rings (SSSR count). The Morgan fingerprint density at radius 2 is 1.82 bits per heavy atom. The van der Waals surface area contributed by atoms with Gasteiger partial charge in [0.05, 0.1) is 29.1 Å².